The first-order valence-corrected chi connectivity index (χ1v) is 10.6. The summed E-state index contributed by atoms with van der Waals surface area (Å²) in [7, 11) is 3.24. The van der Waals surface area contributed by atoms with Gasteiger partial charge in [-0.1, -0.05) is 0 Å². The van der Waals surface area contributed by atoms with E-state index in [0.717, 1.165) is 41.4 Å². The van der Waals surface area contributed by atoms with Crippen LogP contribution in [0.5, 0.6) is 11.5 Å². The van der Waals surface area contributed by atoms with Crippen molar-refractivity contribution in [3.8, 4) is 22.1 Å². The van der Waals surface area contributed by atoms with Crippen molar-refractivity contribution in [3.05, 3.63) is 28.8 Å². The molecule has 0 unspecified atom stereocenters. The summed E-state index contributed by atoms with van der Waals surface area (Å²) in [5.41, 5.74) is 1.61. The van der Waals surface area contributed by atoms with Crippen LogP contribution >= 0.6 is 11.3 Å². The molecule has 7 heteroatoms. The Morgan fingerprint density at radius 2 is 2.00 bits per heavy atom. The van der Waals surface area contributed by atoms with Gasteiger partial charge in [-0.15, -0.1) is 11.3 Å². The summed E-state index contributed by atoms with van der Waals surface area (Å²) in [5, 5.41) is 3.81. The van der Waals surface area contributed by atoms with E-state index in [2.05, 4.69) is 15.2 Å². The number of nitrogens with one attached hydrogen (secondary N) is 1. The maximum absolute atomic E-state index is 12.6. The Labute approximate surface area is 170 Å². The highest BCUT2D eigenvalue weighted by Crippen LogP contribution is 2.36. The Kier molecular flexibility index (Phi) is 7.28. The first-order chi connectivity index (χ1) is 13.6. The van der Waals surface area contributed by atoms with Gasteiger partial charge in [0.25, 0.3) is 5.91 Å². The van der Waals surface area contributed by atoms with Crippen LogP contribution in [0.25, 0.3) is 10.6 Å². The van der Waals surface area contributed by atoms with Crippen LogP contribution in [0.3, 0.4) is 0 Å². The number of likely N-dealkylation sites (tertiary alicyclic amines) is 1. The van der Waals surface area contributed by atoms with E-state index in [1.54, 1.807) is 14.2 Å². The molecule has 1 aliphatic heterocycles. The summed E-state index contributed by atoms with van der Waals surface area (Å²) in [6, 6.07) is 5.61. The molecule has 0 bridgehead atoms. The van der Waals surface area contributed by atoms with Crippen LogP contribution in [0.2, 0.25) is 0 Å². The van der Waals surface area contributed by atoms with Gasteiger partial charge in [0, 0.05) is 12.6 Å². The van der Waals surface area contributed by atoms with Gasteiger partial charge in [0.2, 0.25) is 0 Å². The lowest BCUT2D eigenvalue weighted by atomic mass is 10.2. The summed E-state index contributed by atoms with van der Waals surface area (Å²) in [5.74, 6) is 1.36. The number of unbranched alkanes of at least 4 members (excludes halogenated alkanes) is 1. The van der Waals surface area contributed by atoms with Crippen molar-refractivity contribution in [1.82, 2.24) is 15.2 Å². The summed E-state index contributed by atoms with van der Waals surface area (Å²) in [6.45, 7) is 6.16. The molecule has 1 fully saturated rings. The Hall–Kier alpha value is -2.12. The van der Waals surface area contributed by atoms with Crippen molar-refractivity contribution < 1.29 is 14.3 Å². The molecule has 0 aliphatic carbocycles. The zero-order valence-electron chi connectivity index (χ0n) is 16.9. The number of benzene rings is 1. The lowest BCUT2D eigenvalue weighted by molar-refractivity contribution is 0.0956. The first-order valence-electron chi connectivity index (χ1n) is 9.82. The van der Waals surface area contributed by atoms with E-state index in [4.69, 9.17) is 9.47 Å². The van der Waals surface area contributed by atoms with E-state index < -0.39 is 0 Å². The molecule has 1 N–H and O–H groups in total. The SMILES string of the molecule is COc1ccc(-c2nc(C)c(C(=O)NCCCCN3CCCC3)s2)c(OC)c1. The van der Waals surface area contributed by atoms with E-state index >= 15 is 0 Å². The lowest BCUT2D eigenvalue weighted by Gasteiger charge is -2.13. The van der Waals surface area contributed by atoms with Crippen molar-refractivity contribution in [1.29, 1.82) is 0 Å². The maximum atomic E-state index is 12.6. The van der Waals surface area contributed by atoms with Gasteiger partial charge in [0.1, 0.15) is 21.4 Å². The molecule has 0 radical (unpaired) electrons. The first kappa shape index (κ1) is 20.6. The Morgan fingerprint density at radius 1 is 1.21 bits per heavy atom. The third-order valence-electron chi connectivity index (χ3n) is 5.03. The number of rotatable bonds is 9. The number of hydrogen-bond donors (Lipinski definition) is 1. The Morgan fingerprint density at radius 3 is 2.71 bits per heavy atom. The van der Waals surface area contributed by atoms with E-state index in [-0.39, 0.29) is 5.91 Å². The van der Waals surface area contributed by atoms with Crippen LogP contribution < -0.4 is 14.8 Å². The average Bonchev–Trinajstić information content (AvgIpc) is 3.36. The average molecular weight is 404 g/mol. The summed E-state index contributed by atoms with van der Waals surface area (Å²) in [4.78, 5) is 20.3. The Bertz CT molecular complexity index is 800. The van der Waals surface area contributed by atoms with Crippen LogP contribution in [0.4, 0.5) is 0 Å². The molecular formula is C21H29N3O3S. The predicted molar refractivity (Wildman–Crippen MR) is 113 cm³/mol. The fourth-order valence-corrected chi connectivity index (χ4v) is 4.46. The van der Waals surface area contributed by atoms with Crippen LogP contribution in [0.1, 0.15) is 41.0 Å². The molecule has 28 heavy (non-hydrogen) atoms. The smallest absolute Gasteiger partial charge is 0.263 e. The van der Waals surface area contributed by atoms with Gasteiger partial charge in [-0.2, -0.15) is 0 Å². The largest absolute Gasteiger partial charge is 0.497 e. The summed E-state index contributed by atoms with van der Waals surface area (Å²) >= 11 is 1.40. The molecule has 1 aromatic carbocycles. The van der Waals surface area contributed by atoms with Gasteiger partial charge in [-0.05, 0) is 64.4 Å². The van der Waals surface area contributed by atoms with E-state index in [1.807, 2.05) is 25.1 Å². The number of carbonyl (C=O) groups excluding carboxylic acids is 1. The second-order valence-corrected chi connectivity index (χ2v) is 8.01. The van der Waals surface area contributed by atoms with Gasteiger partial charge in [0.05, 0.1) is 25.5 Å². The van der Waals surface area contributed by atoms with E-state index in [9.17, 15) is 4.79 Å². The van der Waals surface area contributed by atoms with Crippen molar-refractivity contribution in [3.63, 3.8) is 0 Å². The van der Waals surface area contributed by atoms with Crippen molar-refractivity contribution in [2.45, 2.75) is 32.6 Å². The molecule has 3 rings (SSSR count). The molecule has 1 amide bonds. The van der Waals surface area contributed by atoms with Crippen molar-refractivity contribution in [2.24, 2.45) is 0 Å². The number of amides is 1. The molecule has 2 aromatic rings. The second-order valence-electron chi connectivity index (χ2n) is 7.01. The molecule has 1 aromatic heterocycles. The topological polar surface area (TPSA) is 63.7 Å². The highest BCUT2D eigenvalue weighted by atomic mass is 32.1. The standard InChI is InChI=1S/C21H29N3O3S/c1-15-19(20(25)22-10-4-5-11-24-12-6-7-13-24)28-21(23-15)17-9-8-16(26-2)14-18(17)27-3/h8-9,14H,4-7,10-13H2,1-3H3,(H,22,25). The summed E-state index contributed by atoms with van der Waals surface area (Å²) < 4.78 is 10.7. The third-order valence-corrected chi connectivity index (χ3v) is 6.22. The predicted octanol–water partition coefficient (Wildman–Crippen LogP) is 3.74. The molecule has 1 aliphatic rings. The number of hydrogen-bond acceptors (Lipinski definition) is 6. The molecule has 2 heterocycles. The van der Waals surface area contributed by atoms with E-state index in [1.165, 1.54) is 37.3 Å². The number of carbonyl (C=O) groups is 1. The van der Waals surface area contributed by atoms with Gasteiger partial charge in [0.15, 0.2) is 0 Å². The number of ether oxygens (including phenoxy) is 2. The molecule has 0 atom stereocenters. The van der Waals surface area contributed by atoms with Crippen molar-refractivity contribution in [2.75, 3.05) is 40.4 Å². The Balaban J connectivity index is 1.58. The van der Waals surface area contributed by atoms with Crippen LogP contribution in [0, 0.1) is 6.92 Å². The zero-order chi connectivity index (χ0) is 19.9. The molecule has 6 nitrogen and oxygen atoms in total. The van der Waals surface area contributed by atoms with Crippen LogP contribution in [-0.4, -0.2) is 56.2 Å². The van der Waals surface area contributed by atoms with Gasteiger partial charge < -0.3 is 19.7 Å². The minimum absolute atomic E-state index is 0.0464. The van der Waals surface area contributed by atoms with Crippen LogP contribution in [0.15, 0.2) is 18.2 Å². The van der Waals surface area contributed by atoms with Gasteiger partial charge in [-0.25, -0.2) is 4.98 Å². The number of aryl methyl sites for hydroxylation is 1. The lowest BCUT2D eigenvalue weighted by Crippen LogP contribution is -2.26. The number of aromatic nitrogens is 1. The van der Waals surface area contributed by atoms with Gasteiger partial charge in [-0.3, -0.25) is 4.79 Å². The highest BCUT2D eigenvalue weighted by Gasteiger charge is 2.18. The fraction of sp³-hybridized carbons (Fsp3) is 0.524. The van der Waals surface area contributed by atoms with Crippen molar-refractivity contribution >= 4 is 17.2 Å². The maximum Gasteiger partial charge on any atom is 0.263 e. The minimum atomic E-state index is -0.0464. The second kappa shape index (κ2) is 9.89. The zero-order valence-corrected chi connectivity index (χ0v) is 17.7. The molecule has 152 valence electrons. The van der Waals surface area contributed by atoms with E-state index in [0.29, 0.717) is 17.2 Å². The van der Waals surface area contributed by atoms with Crippen LogP contribution in [-0.2, 0) is 0 Å². The number of methoxy groups -OCH3 is 2. The minimum Gasteiger partial charge on any atom is -0.497 e. The number of thiazole rings is 1. The monoisotopic (exact) mass is 403 g/mol. The molecular weight excluding hydrogens is 374 g/mol. The molecule has 1 saturated heterocycles. The highest BCUT2D eigenvalue weighted by molar-refractivity contribution is 7.17. The summed E-state index contributed by atoms with van der Waals surface area (Å²) in [6.07, 6.45) is 4.76. The fourth-order valence-electron chi connectivity index (χ4n) is 3.45. The molecule has 0 spiro atoms. The number of nitrogens with zero attached hydrogens (tertiary/aromatic N) is 2. The molecule has 0 saturated carbocycles. The third kappa shape index (κ3) is 5.02. The normalized spacial score (nSPS) is 14.2. The van der Waals surface area contributed by atoms with Gasteiger partial charge >= 0.3 is 0 Å². The quantitative estimate of drug-likeness (QED) is 0.646.